The minimum Gasteiger partial charge on any atom is -0.494 e. The van der Waals surface area contributed by atoms with Crippen LogP contribution in [0.3, 0.4) is 0 Å². The first-order chi connectivity index (χ1) is 7.10. The molecule has 0 saturated heterocycles. The third-order valence-electron chi connectivity index (χ3n) is 1.77. The first kappa shape index (κ1) is 11.5. The number of methoxy groups -OCH3 is 1. The molecule has 1 N–H and O–H groups in total. The van der Waals surface area contributed by atoms with Gasteiger partial charge in [0.1, 0.15) is 10.8 Å². The zero-order valence-corrected chi connectivity index (χ0v) is 9.09. The van der Waals surface area contributed by atoms with Crippen LogP contribution < -0.4 is 10.1 Å². The molecule has 0 aliphatic heterocycles. The van der Waals surface area contributed by atoms with E-state index in [1.54, 1.807) is 6.07 Å². The third-order valence-corrected chi connectivity index (χ3v) is 2.14. The molecular formula is C10H10ClNO3. The highest BCUT2D eigenvalue weighted by molar-refractivity contribution is 6.35. The highest BCUT2D eigenvalue weighted by Crippen LogP contribution is 2.34. The summed E-state index contributed by atoms with van der Waals surface area (Å²) >= 11 is 5.94. The largest absolute Gasteiger partial charge is 0.494 e. The number of hydrogen-bond donors (Lipinski definition) is 1. The highest BCUT2D eigenvalue weighted by Gasteiger charge is 2.12. The number of benzene rings is 1. The van der Waals surface area contributed by atoms with Crippen molar-refractivity contribution in [3.05, 3.63) is 22.7 Å². The standard InChI is InChI=1S/C10H10ClNO3/c1-6(14)12-8-4-3-7(5-13)10(15-2)9(8)11/h3-5H,1-2H3,(H,12,14). The zero-order chi connectivity index (χ0) is 11.4. The number of aldehydes is 1. The van der Waals surface area contributed by atoms with Crippen LogP contribution in [0, 0.1) is 0 Å². The zero-order valence-electron chi connectivity index (χ0n) is 8.33. The van der Waals surface area contributed by atoms with E-state index >= 15 is 0 Å². The topological polar surface area (TPSA) is 55.4 Å². The molecule has 1 rings (SSSR count). The van der Waals surface area contributed by atoms with E-state index in [-0.39, 0.29) is 16.7 Å². The van der Waals surface area contributed by atoms with Crippen molar-refractivity contribution in [1.29, 1.82) is 0 Å². The van der Waals surface area contributed by atoms with E-state index in [1.165, 1.54) is 20.1 Å². The molecule has 0 unspecified atom stereocenters. The number of carbonyl (C=O) groups is 2. The summed E-state index contributed by atoms with van der Waals surface area (Å²) in [5.41, 5.74) is 0.767. The molecule has 0 saturated carbocycles. The molecule has 0 aliphatic rings. The molecule has 0 atom stereocenters. The van der Waals surface area contributed by atoms with Gasteiger partial charge in [-0.3, -0.25) is 9.59 Å². The molecular weight excluding hydrogens is 218 g/mol. The predicted octanol–water partition coefficient (Wildman–Crippen LogP) is 2.12. The van der Waals surface area contributed by atoms with Crippen molar-refractivity contribution in [3.8, 4) is 5.75 Å². The quantitative estimate of drug-likeness (QED) is 0.805. The van der Waals surface area contributed by atoms with Crippen LogP contribution in [0.25, 0.3) is 0 Å². The summed E-state index contributed by atoms with van der Waals surface area (Å²) in [5.74, 6) is 0.0238. The lowest BCUT2D eigenvalue weighted by molar-refractivity contribution is -0.114. The van der Waals surface area contributed by atoms with Gasteiger partial charge in [-0.05, 0) is 12.1 Å². The minimum atomic E-state index is -0.238. The van der Waals surface area contributed by atoms with Gasteiger partial charge in [-0.1, -0.05) is 11.6 Å². The van der Waals surface area contributed by atoms with E-state index < -0.39 is 0 Å². The lowest BCUT2D eigenvalue weighted by atomic mass is 10.2. The van der Waals surface area contributed by atoms with E-state index in [4.69, 9.17) is 16.3 Å². The Morgan fingerprint density at radius 3 is 2.67 bits per heavy atom. The van der Waals surface area contributed by atoms with Gasteiger partial charge in [0.2, 0.25) is 5.91 Å². The maximum absolute atomic E-state index is 10.8. The SMILES string of the molecule is COc1c(C=O)ccc(NC(C)=O)c1Cl. The van der Waals surface area contributed by atoms with Crippen LogP contribution in [0.15, 0.2) is 12.1 Å². The van der Waals surface area contributed by atoms with Gasteiger partial charge in [0, 0.05) is 6.92 Å². The van der Waals surface area contributed by atoms with Gasteiger partial charge in [0.15, 0.2) is 6.29 Å². The molecule has 1 aromatic rings. The molecule has 1 amide bonds. The molecule has 80 valence electrons. The smallest absolute Gasteiger partial charge is 0.221 e. The van der Waals surface area contributed by atoms with Gasteiger partial charge in [-0.25, -0.2) is 0 Å². The lowest BCUT2D eigenvalue weighted by Crippen LogP contribution is -2.07. The van der Waals surface area contributed by atoms with Crippen LogP contribution in [-0.2, 0) is 4.79 Å². The van der Waals surface area contributed by atoms with Crippen molar-refractivity contribution in [3.63, 3.8) is 0 Å². The molecule has 0 radical (unpaired) electrons. The van der Waals surface area contributed by atoms with Crippen molar-refractivity contribution >= 4 is 29.5 Å². The Balaban J connectivity index is 3.22. The first-order valence-corrected chi connectivity index (χ1v) is 4.57. The maximum atomic E-state index is 10.8. The van der Waals surface area contributed by atoms with Gasteiger partial charge < -0.3 is 10.1 Å². The van der Waals surface area contributed by atoms with Crippen LogP contribution in [0.2, 0.25) is 5.02 Å². The van der Waals surface area contributed by atoms with Crippen molar-refractivity contribution in [2.75, 3.05) is 12.4 Å². The van der Waals surface area contributed by atoms with E-state index in [0.717, 1.165) is 0 Å². The molecule has 0 heterocycles. The number of anilines is 1. The van der Waals surface area contributed by atoms with Crippen molar-refractivity contribution in [2.24, 2.45) is 0 Å². The molecule has 0 bridgehead atoms. The average molecular weight is 228 g/mol. The minimum absolute atomic E-state index is 0.220. The van der Waals surface area contributed by atoms with Crippen molar-refractivity contribution in [1.82, 2.24) is 0 Å². The third kappa shape index (κ3) is 2.47. The normalized spacial score (nSPS) is 9.53. The average Bonchev–Trinajstić information content (AvgIpc) is 2.20. The Morgan fingerprint density at radius 1 is 1.53 bits per heavy atom. The Hall–Kier alpha value is -1.55. The van der Waals surface area contributed by atoms with E-state index in [9.17, 15) is 9.59 Å². The van der Waals surface area contributed by atoms with Crippen LogP contribution >= 0.6 is 11.6 Å². The summed E-state index contributed by atoms with van der Waals surface area (Å²) in [6.45, 7) is 1.37. The predicted molar refractivity (Wildman–Crippen MR) is 57.7 cm³/mol. The van der Waals surface area contributed by atoms with Gasteiger partial charge in [0.25, 0.3) is 0 Å². The molecule has 15 heavy (non-hydrogen) atoms. The molecule has 0 fully saturated rings. The van der Waals surface area contributed by atoms with E-state index in [2.05, 4.69) is 5.32 Å². The van der Waals surface area contributed by atoms with Crippen LogP contribution in [-0.4, -0.2) is 19.3 Å². The Morgan fingerprint density at radius 2 is 2.20 bits per heavy atom. The molecule has 5 heteroatoms. The number of nitrogens with one attached hydrogen (secondary N) is 1. The van der Waals surface area contributed by atoms with Gasteiger partial charge in [-0.2, -0.15) is 0 Å². The summed E-state index contributed by atoms with van der Waals surface area (Å²) in [6, 6.07) is 3.08. The van der Waals surface area contributed by atoms with Gasteiger partial charge >= 0.3 is 0 Å². The van der Waals surface area contributed by atoms with Crippen LogP contribution in [0.4, 0.5) is 5.69 Å². The second kappa shape index (κ2) is 4.79. The number of amides is 1. The number of halogens is 1. The van der Waals surface area contributed by atoms with Crippen molar-refractivity contribution < 1.29 is 14.3 Å². The van der Waals surface area contributed by atoms with Crippen LogP contribution in [0.1, 0.15) is 17.3 Å². The highest BCUT2D eigenvalue weighted by atomic mass is 35.5. The fourth-order valence-corrected chi connectivity index (χ4v) is 1.45. The monoisotopic (exact) mass is 227 g/mol. The summed E-state index contributed by atoms with van der Waals surface area (Å²) in [4.78, 5) is 21.5. The molecule has 0 spiro atoms. The van der Waals surface area contributed by atoms with Crippen molar-refractivity contribution in [2.45, 2.75) is 6.92 Å². The number of hydrogen-bond acceptors (Lipinski definition) is 3. The molecule has 1 aromatic carbocycles. The molecule has 0 aliphatic carbocycles. The molecule has 0 aromatic heterocycles. The fourth-order valence-electron chi connectivity index (χ4n) is 1.16. The Bertz CT molecular complexity index is 404. The van der Waals surface area contributed by atoms with Gasteiger partial charge in [0.05, 0.1) is 18.4 Å². The lowest BCUT2D eigenvalue weighted by Gasteiger charge is -2.10. The first-order valence-electron chi connectivity index (χ1n) is 4.19. The number of rotatable bonds is 3. The fraction of sp³-hybridized carbons (Fsp3) is 0.200. The Labute approximate surface area is 92.2 Å². The van der Waals surface area contributed by atoms with Crippen LogP contribution in [0.5, 0.6) is 5.75 Å². The molecule has 4 nitrogen and oxygen atoms in total. The van der Waals surface area contributed by atoms with E-state index in [1.807, 2.05) is 0 Å². The second-order valence-electron chi connectivity index (χ2n) is 2.85. The summed E-state index contributed by atoms with van der Waals surface area (Å²) < 4.78 is 4.97. The summed E-state index contributed by atoms with van der Waals surface area (Å²) in [7, 11) is 1.41. The number of carbonyl (C=O) groups excluding carboxylic acids is 2. The number of ether oxygens (including phenoxy) is 1. The maximum Gasteiger partial charge on any atom is 0.221 e. The summed E-state index contributed by atoms with van der Waals surface area (Å²) in [5, 5.41) is 2.75. The summed E-state index contributed by atoms with van der Waals surface area (Å²) in [6.07, 6.45) is 0.641. The van der Waals surface area contributed by atoms with Gasteiger partial charge in [-0.15, -0.1) is 0 Å². The second-order valence-corrected chi connectivity index (χ2v) is 3.23. The van der Waals surface area contributed by atoms with E-state index in [0.29, 0.717) is 17.5 Å². The Kier molecular flexibility index (Phi) is 3.68.